The summed E-state index contributed by atoms with van der Waals surface area (Å²) in [4.78, 5) is 29.5. The standard InChI is InChI=1S/C15H23N3O3/c1-10(2)15(3,14(20)21)8-13(19)17-11-6-7-12(16-9-11)18(4)5/h6-7,9-10H,8H2,1-5H3,(H,17,19)(H,20,21). The summed E-state index contributed by atoms with van der Waals surface area (Å²) in [6, 6.07) is 3.53. The molecule has 0 spiro atoms. The molecule has 0 aliphatic heterocycles. The van der Waals surface area contributed by atoms with Crippen LogP contribution in [0.1, 0.15) is 27.2 Å². The van der Waals surface area contributed by atoms with Gasteiger partial charge < -0.3 is 15.3 Å². The highest BCUT2D eigenvalue weighted by Crippen LogP contribution is 2.31. The second kappa shape index (κ2) is 6.56. The molecule has 1 atom stereocenters. The van der Waals surface area contributed by atoms with E-state index in [4.69, 9.17) is 0 Å². The van der Waals surface area contributed by atoms with Gasteiger partial charge in [-0.25, -0.2) is 4.98 Å². The summed E-state index contributed by atoms with van der Waals surface area (Å²) in [6.07, 6.45) is 1.48. The summed E-state index contributed by atoms with van der Waals surface area (Å²) in [7, 11) is 3.75. The van der Waals surface area contributed by atoms with Crippen LogP contribution in [0.2, 0.25) is 0 Å². The zero-order valence-corrected chi connectivity index (χ0v) is 13.2. The fourth-order valence-electron chi connectivity index (χ4n) is 1.79. The number of carbonyl (C=O) groups excluding carboxylic acids is 1. The third-order valence-electron chi connectivity index (χ3n) is 3.78. The van der Waals surface area contributed by atoms with Crippen LogP contribution in [0.25, 0.3) is 0 Å². The molecule has 0 fully saturated rings. The third kappa shape index (κ3) is 4.18. The first-order chi connectivity index (χ1) is 9.66. The van der Waals surface area contributed by atoms with Gasteiger partial charge in [-0.3, -0.25) is 9.59 Å². The minimum atomic E-state index is -1.08. The average Bonchev–Trinajstić information content (AvgIpc) is 2.38. The summed E-state index contributed by atoms with van der Waals surface area (Å²) < 4.78 is 0. The Morgan fingerprint density at radius 3 is 2.38 bits per heavy atom. The lowest BCUT2D eigenvalue weighted by Crippen LogP contribution is -2.37. The van der Waals surface area contributed by atoms with Crippen molar-refractivity contribution in [3.8, 4) is 0 Å². The van der Waals surface area contributed by atoms with Crippen molar-refractivity contribution >= 4 is 23.4 Å². The highest BCUT2D eigenvalue weighted by Gasteiger charge is 2.38. The van der Waals surface area contributed by atoms with E-state index in [1.165, 1.54) is 0 Å². The van der Waals surface area contributed by atoms with Gasteiger partial charge in [-0.05, 0) is 25.0 Å². The van der Waals surface area contributed by atoms with Crippen LogP contribution in [0.4, 0.5) is 11.5 Å². The number of hydrogen-bond acceptors (Lipinski definition) is 4. The van der Waals surface area contributed by atoms with E-state index in [0.717, 1.165) is 5.82 Å². The van der Waals surface area contributed by atoms with E-state index in [-0.39, 0.29) is 18.2 Å². The zero-order valence-electron chi connectivity index (χ0n) is 13.2. The minimum absolute atomic E-state index is 0.0740. The van der Waals surface area contributed by atoms with Gasteiger partial charge in [0.1, 0.15) is 5.82 Å². The number of carbonyl (C=O) groups is 2. The maximum absolute atomic E-state index is 12.0. The molecule has 0 radical (unpaired) electrons. The molecular weight excluding hydrogens is 270 g/mol. The van der Waals surface area contributed by atoms with Gasteiger partial charge in [-0.2, -0.15) is 0 Å². The Hall–Kier alpha value is -2.11. The molecule has 2 N–H and O–H groups in total. The molecule has 0 bridgehead atoms. The van der Waals surface area contributed by atoms with Gasteiger partial charge in [-0.1, -0.05) is 13.8 Å². The molecule has 116 valence electrons. The quantitative estimate of drug-likeness (QED) is 0.840. The smallest absolute Gasteiger partial charge is 0.310 e. The number of anilines is 2. The number of rotatable bonds is 6. The van der Waals surface area contributed by atoms with E-state index in [2.05, 4.69) is 10.3 Å². The van der Waals surface area contributed by atoms with Gasteiger partial charge in [0, 0.05) is 20.5 Å². The van der Waals surface area contributed by atoms with Crippen LogP contribution in [0, 0.1) is 11.3 Å². The molecule has 0 aliphatic carbocycles. The van der Waals surface area contributed by atoms with Crippen molar-refractivity contribution < 1.29 is 14.7 Å². The van der Waals surface area contributed by atoms with Crippen LogP contribution in [-0.4, -0.2) is 36.1 Å². The lowest BCUT2D eigenvalue weighted by atomic mass is 9.76. The van der Waals surface area contributed by atoms with E-state index < -0.39 is 11.4 Å². The van der Waals surface area contributed by atoms with Gasteiger partial charge in [0.2, 0.25) is 5.91 Å². The van der Waals surface area contributed by atoms with Crippen molar-refractivity contribution in [1.82, 2.24) is 4.98 Å². The van der Waals surface area contributed by atoms with E-state index in [0.29, 0.717) is 5.69 Å². The molecule has 6 heteroatoms. The van der Waals surface area contributed by atoms with Gasteiger partial charge in [0.25, 0.3) is 0 Å². The predicted octanol–water partition coefficient (Wildman–Crippen LogP) is 2.22. The number of nitrogens with one attached hydrogen (secondary N) is 1. The second-order valence-electron chi connectivity index (χ2n) is 5.90. The first kappa shape index (κ1) is 16.9. The predicted molar refractivity (Wildman–Crippen MR) is 82.4 cm³/mol. The summed E-state index contributed by atoms with van der Waals surface area (Å²) >= 11 is 0. The molecule has 0 saturated carbocycles. The molecule has 1 amide bonds. The Bertz CT molecular complexity index is 511. The number of hydrogen-bond donors (Lipinski definition) is 2. The first-order valence-electron chi connectivity index (χ1n) is 6.83. The van der Waals surface area contributed by atoms with Crippen molar-refractivity contribution in [2.45, 2.75) is 27.2 Å². The third-order valence-corrected chi connectivity index (χ3v) is 3.78. The maximum Gasteiger partial charge on any atom is 0.310 e. The van der Waals surface area contributed by atoms with Crippen LogP contribution in [0.3, 0.4) is 0 Å². The van der Waals surface area contributed by atoms with Gasteiger partial charge >= 0.3 is 5.97 Å². The summed E-state index contributed by atoms with van der Waals surface area (Å²) in [5.41, 5.74) is -0.525. The van der Waals surface area contributed by atoms with Gasteiger partial charge in [0.05, 0.1) is 17.3 Å². The van der Waals surface area contributed by atoms with Crippen molar-refractivity contribution in [3.05, 3.63) is 18.3 Å². The molecule has 6 nitrogen and oxygen atoms in total. The van der Waals surface area contributed by atoms with Gasteiger partial charge in [-0.15, -0.1) is 0 Å². The van der Waals surface area contributed by atoms with Gasteiger partial charge in [0.15, 0.2) is 0 Å². The second-order valence-corrected chi connectivity index (χ2v) is 5.90. The van der Waals surface area contributed by atoms with Crippen LogP contribution >= 0.6 is 0 Å². The SMILES string of the molecule is CC(C)C(C)(CC(=O)Nc1ccc(N(C)C)nc1)C(=O)O. The fraction of sp³-hybridized carbons (Fsp3) is 0.533. The molecule has 1 rings (SSSR count). The van der Waals surface area contributed by atoms with Crippen LogP contribution in [0.15, 0.2) is 18.3 Å². The van der Waals surface area contributed by atoms with Crippen LogP contribution in [-0.2, 0) is 9.59 Å². The van der Waals surface area contributed by atoms with Crippen molar-refractivity contribution in [2.24, 2.45) is 11.3 Å². The normalized spacial score (nSPS) is 13.6. The minimum Gasteiger partial charge on any atom is -0.481 e. The molecule has 1 aromatic heterocycles. The lowest BCUT2D eigenvalue weighted by Gasteiger charge is -2.28. The number of pyridine rings is 1. The molecular formula is C15H23N3O3. The fourth-order valence-corrected chi connectivity index (χ4v) is 1.79. The Balaban J connectivity index is 2.75. The Kier molecular flexibility index (Phi) is 5.29. The molecule has 0 aromatic carbocycles. The highest BCUT2D eigenvalue weighted by molar-refractivity contribution is 5.94. The molecule has 0 aliphatic rings. The number of aromatic nitrogens is 1. The maximum atomic E-state index is 12.0. The number of carboxylic acids is 1. The lowest BCUT2D eigenvalue weighted by molar-refractivity contribution is -0.153. The Morgan fingerprint density at radius 1 is 1.38 bits per heavy atom. The number of aliphatic carboxylic acids is 1. The number of amides is 1. The van der Waals surface area contributed by atoms with E-state index in [1.54, 1.807) is 39.1 Å². The van der Waals surface area contributed by atoms with Crippen molar-refractivity contribution in [2.75, 3.05) is 24.3 Å². The molecule has 1 heterocycles. The average molecular weight is 293 g/mol. The van der Waals surface area contributed by atoms with E-state index >= 15 is 0 Å². The molecule has 21 heavy (non-hydrogen) atoms. The highest BCUT2D eigenvalue weighted by atomic mass is 16.4. The summed E-state index contributed by atoms with van der Waals surface area (Å²) in [5, 5.41) is 12.0. The zero-order chi connectivity index (χ0) is 16.2. The van der Waals surface area contributed by atoms with E-state index in [1.807, 2.05) is 19.0 Å². The Morgan fingerprint density at radius 2 is 2.00 bits per heavy atom. The van der Waals surface area contributed by atoms with Crippen LogP contribution < -0.4 is 10.2 Å². The molecule has 1 aromatic rings. The Labute approximate surface area is 125 Å². The largest absolute Gasteiger partial charge is 0.481 e. The van der Waals surface area contributed by atoms with E-state index in [9.17, 15) is 14.7 Å². The van der Waals surface area contributed by atoms with Crippen LogP contribution in [0.5, 0.6) is 0 Å². The monoisotopic (exact) mass is 293 g/mol. The topological polar surface area (TPSA) is 82.5 Å². The summed E-state index contributed by atoms with van der Waals surface area (Å²) in [5.74, 6) is -0.651. The number of nitrogens with zero attached hydrogens (tertiary/aromatic N) is 2. The molecule has 0 saturated heterocycles. The number of carboxylic acid groups (broad SMARTS) is 1. The molecule has 1 unspecified atom stereocenters. The summed E-state index contributed by atoms with van der Waals surface area (Å²) in [6.45, 7) is 5.19. The van der Waals surface area contributed by atoms with Crippen molar-refractivity contribution in [1.29, 1.82) is 0 Å². The first-order valence-corrected chi connectivity index (χ1v) is 6.83. The van der Waals surface area contributed by atoms with Crippen molar-refractivity contribution in [3.63, 3.8) is 0 Å².